The summed E-state index contributed by atoms with van der Waals surface area (Å²) in [6, 6.07) is 7.74. The summed E-state index contributed by atoms with van der Waals surface area (Å²) in [7, 11) is 0. The summed E-state index contributed by atoms with van der Waals surface area (Å²) in [5.74, 6) is 1.15. The summed E-state index contributed by atoms with van der Waals surface area (Å²) in [4.78, 5) is 32.6. The molecule has 1 aromatic heterocycles. The first-order valence-electron chi connectivity index (χ1n) is 9.02. The Hall–Kier alpha value is -2.70. The van der Waals surface area contributed by atoms with Crippen LogP contribution in [-0.4, -0.2) is 57.9 Å². The molecule has 2 amide bonds. The van der Waals surface area contributed by atoms with Gasteiger partial charge in [0.05, 0.1) is 0 Å². The number of nitrogens with zero attached hydrogens (tertiary/aromatic N) is 4. The molecule has 2 heterocycles. The summed E-state index contributed by atoms with van der Waals surface area (Å²) in [5, 5.41) is 3.72. The number of aryl methyl sites for hydroxylation is 3. The fourth-order valence-electron chi connectivity index (χ4n) is 3.04. The largest absolute Gasteiger partial charge is 0.339 e. The molecule has 26 heavy (non-hydrogen) atoms. The van der Waals surface area contributed by atoms with Crippen LogP contribution in [-0.2, 0) is 17.6 Å². The van der Waals surface area contributed by atoms with E-state index in [1.165, 1.54) is 5.56 Å². The molecule has 0 spiro atoms. The highest BCUT2D eigenvalue weighted by atomic mass is 16.5. The molecule has 1 aliphatic heterocycles. The van der Waals surface area contributed by atoms with Gasteiger partial charge >= 0.3 is 0 Å². The van der Waals surface area contributed by atoms with Gasteiger partial charge in [-0.25, -0.2) is 0 Å². The summed E-state index contributed by atoms with van der Waals surface area (Å²) < 4.78 is 5.03. The van der Waals surface area contributed by atoms with E-state index in [0.717, 1.165) is 6.42 Å². The molecule has 0 aliphatic carbocycles. The predicted octanol–water partition coefficient (Wildman–Crippen LogP) is 1.86. The monoisotopic (exact) mass is 356 g/mol. The molecule has 1 aromatic carbocycles. The van der Waals surface area contributed by atoms with Crippen molar-refractivity contribution in [2.24, 2.45) is 0 Å². The van der Waals surface area contributed by atoms with Gasteiger partial charge in [-0.05, 0) is 31.0 Å². The van der Waals surface area contributed by atoms with Crippen LogP contribution in [0.5, 0.6) is 0 Å². The molecule has 3 rings (SSSR count). The van der Waals surface area contributed by atoms with Crippen LogP contribution in [0.2, 0.25) is 0 Å². The normalized spacial score (nSPS) is 14.5. The molecule has 0 N–H and O–H groups in total. The third-order valence-electron chi connectivity index (χ3n) is 4.65. The third-order valence-corrected chi connectivity index (χ3v) is 4.65. The molecule has 2 aromatic rings. The molecule has 0 saturated carbocycles. The number of carbonyl (C=O) groups excluding carboxylic acids is 2. The van der Waals surface area contributed by atoms with Crippen LogP contribution >= 0.6 is 0 Å². The minimum Gasteiger partial charge on any atom is -0.339 e. The van der Waals surface area contributed by atoms with Crippen molar-refractivity contribution >= 4 is 11.8 Å². The molecule has 7 nitrogen and oxygen atoms in total. The number of carbonyl (C=O) groups is 2. The van der Waals surface area contributed by atoms with Gasteiger partial charge in [-0.1, -0.05) is 24.2 Å². The molecule has 7 heteroatoms. The molecule has 1 aliphatic rings. The Morgan fingerprint density at radius 1 is 1.08 bits per heavy atom. The maximum Gasteiger partial charge on any atom is 0.253 e. The molecule has 0 atom stereocenters. The Kier molecular flexibility index (Phi) is 5.65. The lowest BCUT2D eigenvalue weighted by atomic mass is 10.1. The van der Waals surface area contributed by atoms with Crippen molar-refractivity contribution in [1.29, 1.82) is 0 Å². The Labute approximate surface area is 153 Å². The second-order valence-corrected chi connectivity index (χ2v) is 6.46. The Morgan fingerprint density at radius 2 is 1.73 bits per heavy atom. The van der Waals surface area contributed by atoms with Crippen molar-refractivity contribution < 1.29 is 14.1 Å². The Morgan fingerprint density at radius 3 is 2.31 bits per heavy atom. The van der Waals surface area contributed by atoms with E-state index >= 15 is 0 Å². The van der Waals surface area contributed by atoms with Crippen LogP contribution in [0.3, 0.4) is 0 Å². The topological polar surface area (TPSA) is 79.5 Å². The molecule has 1 saturated heterocycles. The van der Waals surface area contributed by atoms with Gasteiger partial charge in [0.1, 0.15) is 0 Å². The first-order valence-corrected chi connectivity index (χ1v) is 9.02. The predicted molar refractivity (Wildman–Crippen MR) is 95.7 cm³/mol. The van der Waals surface area contributed by atoms with Crippen LogP contribution in [0.25, 0.3) is 0 Å². The maximum atomic E-state index is 12.6. The van der Waals surface area contributed by atoms with Gasteiger partial charge in [0.2, 0.25) is 11.8 Å². The number of hydrogen-bond acceptors (Lipinski definition) is 5. The van der Waals surface area contributed by atoms with Crippen molar-refractivity contribution in [3.05, 3.63) is 47.1 Å². The van der Waals surface area contributed by atoms with Crippen molar-refractivity contribution in [2.75, 3.05) is 26.2 Å². The number of benzene rings is 1. The van der Waals surface area contributed by atoms with E-state index in [1.54, 1.807) is 11.8 Å². The van der Waals surface area contributed by atoms with Gasteiger partial charge in [0.15, 0.2) is 5.82 Å². The number of rotatable bonds is 5. The first kappa shape index (κ1) is 18.1. The molecule has 0 unspecified atom stereocenters. The third kappa shape index (κ3) is 4.28. The van der Waals surface area contributed by atoms with Crippen LogP contribution in [0.4, 0.5) is 0 Å². The van der Waals surface area contributed by atoms with E-state index in [-0.39, 0.29) is 11.8 Å². The smallest absolute Gasteiger partial charge is 0.253 e. The molecular formula is C19H24N4O3. The fraction of sp³-hybridized carbons (Fsp3) is 0.474. The second-order valence-electron chi connectivity index (χ2n) is 6.46. The van der Waals surface area contributed by atoms with E-state index < -0.39 is 0 Å². The van der Waals surface area contributed by atoms with Crippen LogP contribution in [0.1, 0.15) is 41.0 Å². The fourth-order valence-corrected chi connectivity index (χ4v) is 3.04. The van der Waals surface area contributed by atoms with Gasteiger partial charge in [-0.15, -0.1) is 0 Å². The SMILES string of the molecule is CCc1ccc(C(=O)N2CCN(C(=O)CCc3nc(C)no3)CC2)cc1. The average molecular weight is 356 g/mol. The first-order chi connectivity index (χ1) is 12.6. The summed E-state index contributed by atoms with van der Waals surface area (Å²) in [6.07, 6.45) is 1.75. The lowest BCUT2D eigenvalue weighted by Gasteiger charge is -2.34. The van der Waals surface area contributed by atoms with Crippen LogP contribution < -0.4 is 0 Å². The van der Waals surface area contributed by atoms with E-state index in [4.69, 9.17) is 4.52 Å². The van der Waals surface area contributed by atoms with Gasteiger partial charge in [-0.3, -0.25) is 9.59 Å². The lowest BCUT2D eigenvalue weighted by Crippen LogP contribution is -2.50. The zero-order chi connectivity index (χ0) is 18.5. The van der Waals surface area contributed by atoms with Crippen molar-refractivity contribution in [3.8, 4) is 0 Å². The van der Waals surface area contributed by atoms with Crippen molar-refractivity contribution in [1.82, 2.24) is 19.9 Å². The Balaban J connectivity index is 1.48. The van der Waals surface area contributed by atoms with E-state index in [9.17, 15) is 9.59 Å². The summed E-state index contributed by atoms with van der Waals surface area (Å²) in [6.45, 7) is 6.06. The minimum atomic E-state index is 0.0288. The van der Waals surface area contributed by atoms with Crippen LogP contribution in [0, 0.1) is 6.92 Å². The van der Waals surface area contributed by atoms with Crippen molar-refractivity contribution in [3.63, 3.8) is 0 Å². The van der Waals surface area contributed by atoms with Gasteiger partial charge in [-0.2, -0.15) is 4.98 Å². The second kappa shape index (κ2) is 8.12. The van der Waals surface area contributed by atoms with Gasteiger partial charge in [0, 0.05) is 44.6 Å². The summed E-state index contributed by atoms with van der Waals surface area (Å²) in [5.41, 5.74) is 1.92. The highest BCUT2D eigenvalue weighted by molar-refractivity contribution is 5.94. The number of amides is 2. The number of piperazine rings is 1. The minimum absolute atomic E-state index is 0.0288. The molecular weight excluding hydrogens is 332 g/mol. The molecule has 0 bridgehead atoms. The van der Waals surface area contributed by atoms with Gasteiger partial charge < -0.3 is 14.3 Å². The standard InChI is InChI=1S/C19H24N4O3/c1-3-15-4-6-16(7-5-15)19(25)23-12-10-22(11-13-23)18(24)9-8-17-20-14(2)21-26-17/h4-7H,3,8-13H2,1-2H3. The Bertz CT molecular complexity index is 761. The maximum absolute atomic E-state index is 12.6. The zero-order valence-corrected chi connectivity index (χ0v) is 15.3. The zero-order valence-electron chi connectivity index (χ0n) is 15.3. The van der Waals surface area contributed by atoms with Gasteiger partial charge in [0.25, 0.3) is 5.91 Å². The lowest BCUT2D eigenvalue weighted by molar-refractivity contribution is -0.132. The van der Waals surface area contributed by atoms with E-state index in [2.05, 4.69) is 17.1 Å². The van der Waals surface area contributed by atoms with E-state index in [0.29, 0.717) is 56.3 Å². The molecule has 1 fully saturated rings. The highest BCUT2D eigenvalue weighted by Gasteiger charge is 2.25. The molecule has 138 valence electrons. The highest BCUT2D eigenvalue weighted by Crippen LogP contribution is 2.12. The quantitative estimate of drug-likeness (QED) is 0.817. The summed E-state index contributed by atoms with van der Waals surface area (Å²) >= 11 is 0. The average Bonchev–Trinajstić information content (AvgIpc) is 3.11. The number of hydrogen-bond donors (Lipinski definition) is 0. The number of aromatic nitrogens is 2. The van der Waals surface area contributed by atoms with E-state index in [1.807, 2.05) is 29.2 Å². The molecule has 0 radical (unpaired) electrons. The van der Waals surface area contributed by atoms with Crippen LogP contribution in [0.15, 0.2) is 28.8 Å². The van der Waals surface area contributed by atoms with Crippen molar-refractivity contribution in [2.45, 2.75) is 33.1 Å².